The molecule has 0 fully saturated rings. The molecule has 0 rings (SSSR count). The summed E-state index contributed by atoms with van der Waals surface area (Å²) >= 11 is 0. The summed E-state index contributed by atoms with van der Waals surface area (Å²) < 4.78 is 22.3. The summed E-state index contributed by atoms with van der Waals surface area (Å²) in [4.78, 5) is 0. The molecule has 0 saturated carbocycles. The molecule has 0 bridgehead atoms. The van der Waals surface area contributed by atoms with Crippen LogP contribution in [0.5, 0.6) is 0 Å². The molecule has 0 unspecified atom stereocenters. The Balaban J connectivity index is -0.000000500. The summed E-state index contributed by atoms with van der Waals surface area (Å²) in [5.41, 5.74) is 0. The molecule has 0 heterocycles. The van der Waals surface area contributed by atoms with E-state index in [1.165, 1.54) is 0 Å². The quantitative estimate of drug-likeness (QED) is 0.428. The fraction of sp³-hybridized carbons (Fsp3) is 1.00. The molecule has 0 aromatic rings. The molecule has 0 aliphatic rings. The van der Waals surface area contributed by atoms with Gasteiger partial charge >= 0.3 is 18.9 Å². The van der Waals surface area contributed by atoms with Crippen molar-refractivity contribution in [3.8, 4) is 0 Å². The summed E-state index contributed by atoms with van der Waals surface area (Å²) in [5, 5.41) is 0. The fourth-order valence-electron chi connectivity index (χ4n) is 0.831. The van der Waals surface area contributed by atoms with Crippen LogP contribution < -0.4 is 31.3 Å². The van der Waals surface area contributed by atoms with Crippen molar-refractivity contribution < 1.29 is 39.7 Å². The first-order chi connectivity index (χ1) is 5.12. The van der Waals surface area contributed by atoms with Crippen LogP contribution in [0.4, 0.5) is 0 Å². The van der Waals surface area contributed by atoms with Crippen molar-refractivity contribution in [1.29, 1.82) is 0 Å². The van der Waals surface area contributed by atoms with Crippen LogP contribution in [0.2, 0.25) is 0 Å². The van der Waals surface area contributed by atoms with Crippen LogP contribution in [0.15, 0.2) is 0 Å². The average Bonchev–Trinajstić information content (AvgIpc) is 1.97. The Labute approximate surface area is 100 Å². The van der Waals surface area contributed by atoms with Crippen LogP contribution in [0, 0.1) is 0 Å². The van der Waals surface area contributed by atoms with Crippen molar-refractivity contribution in [2.24, 2.45) is 0 Å². The molecule has 13 heavy (non-hydrogen) atoms. The second-order valence-corrected chi connectivity index (χ2v) is 5.16. The number of sulfone groups is 1. The second kappa shape index (κ2) is 10.9. The number of halogens is 1. The van der Waals surface area contributed by atoms with E-state index in [2.05, 4.69) is 0 Å². The van der Waals surface area contributed by atoms with Crippen LogP contribution in [-0.2, 0) is 9.84 Å². The van der Waals surface area contributed by atoms with Gasteiger partial charge in [-0.15, -0.1) is 0 Å². The summed E-state index contributed by atoms with van der Waals surface area (Å²) in [6, 6.07) is 0. The predicted octanol–water partition coefficient (Wildman–Crippen LogP) is -3.99. The smallest absolute Gasteiger partial charge is 1.00 e. The van der Waals surface area contributed by atoms with Crippen molar-refractivity contribution in [3.05, 3.63) is 0 Å². The van der Waals surface area contributed by atoms with Gasteiger partial charge in [0, 0.05) is 0 Å². The molecule has 0 atom stereocenters. The van der Waals surface area contributed by atoms with Crippen LogP contribution in [0.3, 0.4) is 0 Å². The third kappa shape index (κ3) is 12.8. The minimum Gasteiger partial charge on any atom is -1.00 e. The van der Waals surface area contributed by atoms with Crippen LogP contribution >= 0.6 is 0 Å². The zero-order valence-electron chi connectivity index (χ0n) is 8.85. The first kappa shape index (κ1) is 19.4. The van der Waals surface area contributed by atoms with Gasteiger partial charge in [0.1, 0.15) is 9.84 Å². The average molecular weight is 221 g/mol. The van der Waals surface area contributed by atoms with Gasteiger partial charge in [0.25, 0.3) is 0 Å². The van der Waals surface area contributed by atoms with Gasteiger partial charge < -0.3 is 12.4 Å². The Kier molecular flexibility index (Phi) is 16.3. The summed E-state index contributed by atoms with van der Waals surface area (Å²) in [6.07, 6.45) is 3.55. The van der Waals surface area contributed by atoms with E-state index >= 15 is 0 Å². The SMILES string of the molecule is CCCCS(=O)(=O)CCCC.[Cl-].[Li+]. The van der Waals surface area contributed by atoms with Gasteiger partial charge in [0.05, 0.1) is 11.5 Å². The van der Waals surface area contributed by atoms with E-state index in [0.717, 1.165) is 25.7 Å². The monoisotopic (exact) mass is 220 g/mol. The first-order valence-corrected chi connectivity index (χ1v) is 6.15. The van der Waals surface area contributed by atoms with Gasteiger partial charge in [-0.3, -0.25) is 0 Å². The van der Waals surface area contributed by atoms with Gasteiger partial charge in [-0.05, 0) is 12.8 Å². The molecule has 5 heteroatoms. The molecule has 0 saturated heterocycles. The van der Waals surface area contributed by atoms with Crippen molar-refractivity contribution >= 4 is 9.84 Å². The van der Waals surface area contributed by atoms with E-state index in [0.29, 0.717) is 11.5 Å². The molecule has 0 spiro atoms. The van der Waals surface area contributed by atoms with E-state index in [4.69, 9.17) is 0 Å². The molecule has 2 nitrogen and oxygen atoms in total. The van der Waals surface area contributed by atoms with E-state index in [9.17, 15) is 8.42 Å². The van der Waals surface area contributed by atoms with E-state index in [1.54, 1.807) is 0 Å². The fourth-order valence-corrected chi connectivity index (χ4v) is 2.49. The number of unbranched alkanes of at least 4 members (excludes halogenated alkanes) is 2. The van der Waals surface area contributed by atoms with Gasteiger partial charge in [0.15, 0.2) is 0 Å². The standard InChI is InChI=1S/C8H18O2S.ClH.Li/c1-3-5-7-11(9,10)8-6-4-2;;/h3-8H2,1-2H3;1H;/q;;+1/p-1. The second-order valence-electron chi connectivity index (χ2n) is 2.86. The van der Waals surface area contributed by atoms with E-state index in [1.807, 2.05) is 13.8 Å². The molecular formula is C8H18ClLiO2S. The number of hydrogen-bond acceptors (Lipinski definition) is 2. The van der Waals surface area contributed by atoms with Crippen LogP contribution in [0.1, 0.15) is 39.5 Å². The molecule has 0 aromatic heterocycles. The topological polar surface area (TPSA) is 34.1 Å². The molecule has 0 aliphatic heterocycles. The molecule has 0 radical (unpaired) electrons. The van der Waals surface area contributed by atoms with Crippen LogP contribution in [-0.4, -0.2) is 19.9 Å². The van der Waals surface area contributed by atoms with E-state index in [-0.39, 0.29) is 31.3 Å². The van der Waals surface area contributed by atoms with Crippen molar-refractivity contribution in [3.63, 3.8) is 0 Å². The van der Waals surface area contributed by atoms with Crippen LogP contribution in [0.25, 0.3) is 0 Å². The van der Waals surface area contributed by atoms with Crippen molar-refractivity contribution in [2.75, 3.05) is 11.5 Å². The summed E-state index contributed by atoms with van der Waals surface area (Å²) in [5.74, 6) is 0.757. The minimum atomic E-state index is -2.71. The Morgan fingerprint density at radius 1 is 0.923 bits per heavy atom. The molecule has 0 N–H and O–H groups in total. The zero-order valence-corrected chi connectivity index (χ0v) is 10.4. The Hall–Kier alpha value is 0.837. The minimum absolute atomic E-state index is 0. The molecule has 0 aliphatic carbocycles. The summed E-state index contributed by atoms with van der Waals surface area (Å²) in [6.45, 7) is 4.02. The maximum Gasteiger partial charge on any atom is 1.00 e. The van der Waals surface area contributed by atoms with E-state index < -0.39 is 9.84 Å². The molecule has 0 aromatic carbocycles. The number of rotatable bonds is 6. The number of hydrogen-bond donors (Lipinski definition) is 0. The van der Waals surface area contributed by atoms with Gasteiger partial charge in [-0.2, -0.15) is 0 Å². The Morgan fingerprint density at radius 3 is 1.46 bits per heavy atom. The Morgan fingerprint density at radius 2 is 1.23 bits per heavy atom. The van der Waals surface area contributed by atoms with Crippen molar-refractivity contribution in [2.45, 2.75) is 39.5 Å². The van der Waals surface area contributed by atoms with Crippen molar-refractivity contribution in [1.82, 2.24) is 0 Å². The zero-order chi connectivity index (χ0) is 8.74. The molecular weight excluding hydrogens is 203 g/mol. The Bertz CT molecular complexity index is 167. The first-order valence-electron chi connectivity index (χ1n) is 4.32. The summed E-state index contributed by atoms with van der Waals surface area (Å²) in [7, 11) is -2.71. The maximum absolute atomic E-state index is 11.1. The molecule has 76 valence electrons. The molecule has 0 amide bonds. The van der Waals surface area contributed by atoms with Gasteiger partial charge in [0.2, 0.25) is 0 Å². The largest absolute Gasteiger partial charge is 1.00 e. The third-order valence-electron chi connectivity index (χ3n) is 1.62. The predicted molar refractivity (Wildman–Crippen MR) is 48.5 cm³/mol. The maximum atomic E-state index is 11.1. The normalized spacial score (nSPS) is 10.0. The third-order valence-corrected chi connectivity index (χ3v) is 3.44. The van der Waals surface area contributed by atoms with Gasteiger partial charge in [-0.25, -0.2) is 8.42 Å². The van der Waals surface area contributed by atoms with Gasteiger partial charge in [-0.1, -0.05) is 26.7 Å².